The van der Waals surface area contributed by atoms with Crippen molar-refractivity contribution in [2.45, 2.75) is 70.9 Å². The van der Waals surface area contributed by atoms with E-state index in [4.69, 9.17) is 9.57 Å². The molecule has 0 unspecified atom stereocenters. The molecule has 0 aromatic carbocycles. The van der Waals surface area contributed by atoms with E-state index in [9.17, 15) is 9.59 Å². The molecule has 0 spiro atoms. The van der Waals surface area contributed by atoms with Gasteiger partial charge in [0.2, 0.25) is 0 Å². The fourth-order valence-corrected chi connectivity index (χ4v) is 3.87. The second-order valence-electron chi connectivity index (χ2n) is 8.06. The van der Waals surface area contributed by atoms with Crippen LogP contribution in [0.3, 0.4) is 0 Å². The standard InChI is InChI=1S/C18H32N2O4/c1-18(2,3)24-17(22)20-12-14(13-9-7-6-8-10-13)11-15(20)16(21)19(4)23-5/h13-15H,6-12H2,1-5H3/t14-,15+/m1/s1. The van der Waals surface area contributed by atoms with Gasteiger partial charge in [-0.15, -0.1) is 0 Å². The molecular weight excluding hydrogens is 308 g/mol. The number of carbonyl (C=O) groups is 2. The third-order valence-corrected chi connectivity index (χ3v) is 5.15. The number of likely N-dealkylation sites (tertiary alicyclic amines) is 1. The number of rotatable bonds is 3. The minimum Gasteiger partial charge on any atom is -0.444 e. The van der Waals surface area contributed by atoms with Crippen molar-refractivity contribution < 1.29 is 19.2 Å². The molecule has 2 amide bonds. The summed E-state index contributed by atoms with van der Waals surface area (Å²) >= 11 is 0. The Balaban J connectivity index is 2.13. The summed E-state index contributed by atoms with van der Waals surface area (Å²) in [5.41, 5.74) is -0.569. The summed E-state index contributed by atoms with van der Waals surface area (Å²) in [6, 6.07) is -0.489. The van der Waals surface area contributed by atoms with Crippen LogP contribution in [0.1, 0.15) is 59.3 Å². The minimum atomic E-state index is -0.569. The van der Waals surface area contributed by atoms with Crippen molar-refractivity contribution in [3.63, 3.8) is 0 Å². The topological polar surface area (TPSA) is 59.1 Å². The zero-order chi connectivity index (χ0) is 17.9. The van der Waals surface area contributed by atoms with Crippen LogP contribution in [-0.4, -0.2) is 54.3 Å². The van der Waals surface area contributed by atoms with Crippen LogP contribution < -0.4 is 0 Å². The van der Waals surface area contributed by atoms with Gasteiger partial charge in [-0.25, -0.2) is 9.86 Å². The summed E-state index contributed by atoms with van der Waals surface area (Å²) in [7, 11) is 3.05. The van der Waals surface area contributed by atoms with Gasteiger partial charge in [0.05, 0.1) is 7.11 Å². The Morgan fingerprint density at radius 2 is 1.71 bits per heavy atom. The number of carbonyl (C=O) groups excluding carboxylic acids is 2. The third kappa shape index (κ3) is 4.62. The van der Waals surface area contributed by atoms with Crippen molar-refractivity contribution in [1.82, 2.24) is 9.96 Å². The molecular formula is C18H32N2O4. The van der Waals surface area contributed by atoms with Crippen molar-refractivity contribution in [2.75, 3.05) is 20.7 Å². The first kappa shape index (κ1) is 19.0. The van der Waals surface area contributed by atoms with Gasteiger partial charge in [-0.3, -0.25) is 14.5 Å². The second kappa shape index (κ2) is 7.72. The highest BCUT2D eigenvalue weighted by Gasteiger charge is 2.45. The van der Waals surface area contributed by atoms with Gasteiger partial charge in [0.15, 0.2) is 0 Å². The van der Waals surface area contributed by atoms with Crippen molar-refractivity contribution in [3.8, 4) is 0 Å². The lowest BCUT2D eigenvalue weighted by Crippen LogP contribution is -2.47. The lowest BCUT2D eigenvalue weighted by molar-refractivity contribution is -0.173. The number of hydrogen-bond donors (Lipinski definition) is 0. The van der Waals surface area contributed by atoms with Crippen molar-refractivity contribution in [2.24, 2.45) is 11.8 Å². The van der Waals surface area contributed by atoms with Gasteiger partial charge < -0.3 is 4.74 Å². The Kier molecular flexibility index (Phi) is 6.12. The minimum absolute atomic E-state index is 0.179. The van der Waals surface area contributed by atoms with Gasteiger partial charge in [0.25, 0.3) is 5.91 Å². The van der Waals surface area contributed by atoms with E-state index >= 15 is 0 Å². The van der Waals surface area contributed by atoms with Crippen LogP contribution in [0.4, 0.5) is 4.79 Å². The fraction of sp³-hybridized carbons (Fsp3) is 0.889. The largest absolute Gasteiger partial charge is 0.444 e. The normalized spacial score (nSPS) is 25.6. The molecule has 1 heterocycles. The first-order valence-corrected chi connectivity index (χ1v) is 9.04. The molecule has 1 aliphatic heterocycles. The van der Waals surface area contributed by atoms with E-state index in [1.807, 2.05) is 20.8 Å². The van der Waals surface area contributed by atoms with Crippen LogP contribution in [-0.2, 0) is 14.4 Å². The number of likely N-dealkylation sites (N-methyl/N-ethyl adjacent to an activating group) is 1. The van der Waals surface area contributed by atoms with Crippen LogP contribution in [0.5, 0.6) is 0 Å². The maximum atomic E-state index is 12.6. The Morgan fingerprint density at radius 3 is 2.25 bits per heavy atom. The Hall–Kier alpha value is -1.30. The highest BCUT2D eigenvalue weighted by molar-refractivity contribution is 5.85. The third-order valence-electron chi connectivity index (χ3n) is 5.15. The van der Waals surface area contributed by atoms with Crippen LogP contribution in [0, 0.1) is 11.8 Å². The molecule has 1 saturated carbocycles. The van der Waals surface area contributed by atoms with E-state index in [-0.39, 0.29) is 5.91 Å². The highest BCUT2D eigenvalue weighted by atomic mass is 16.7. The molecule has 2 rings (SSSR count). The average molecular weight is 340 g/mol. The molecule has 1 aliphatic carbocycles. The summed E-state index contributed by atoms with van der Waals surface area (Å²) in [6.07, 6.45) is 6.52. The van der Waals surface area contributed by atoms with E-state index in [2.05, 4.69) is 0 Å². The van der Waals surface area contributed by atoms with Crippen LogP contribution in [0.2, 0.25) is 0 Å². The average Bonchev–Trinajstić information content (AvgIpc) is 2.98. The van der Waals surface area contributed by atoms with Gasteiger partial charge >= 0.3 is 6.09 Å². The summed E-state index contributed by atoms with van der Waals surface area (Å²) in [4.78, 5) is 31.9. The first-order valence-electron chi connectivity index (χ1n) is 9.04. The van der Waals surface area contributed by atoms with Crippen molar-refractivity contribution in [1.29, 1.82) is 0 Å². The van der Waals surface area contributed by atoms with Gasteiger partial charge in [-0.05, 0) is 39.0 Å². The molecule has 6 heteroatoms. The van der Waals surface area contributed by atoms with Crippen LogP contribution in [0.15, 0.2) is 0 Å². The highest BCUT2D eigenvalue weighted by Crippen LogP contribution is 2.38. The summed E-state index contributed by atoms with van der Waals surface area (Å²) in [6.45, 7) is 6.14. The SMILES string of the molecule is CON(C)C(=O)[C@@H]1C[C@@H](C2CCCCC2)CN1C(=O)OC(C)(C)C. The number of nitrogens with zero attached hydrogens (tertiary/aromatic N) is 2. The molecule has 0 bridgehead atoms. The maximum absolute atomic E-state index is 12.6. The summed E-state index contributed by atoms with van der Waals surface area (Å²) in [5, 5.41) is 1.21. The molecule has 0 aromatic heterocycles. The Morgan fingerprint density at radius 1 is 1.08 bits per heavy atom. The molecule has 0 aromatic rings. The van der Waals surface area contributed by atoms with Gasteiger partial charge in [-0.2, -0.15) is 0 Å². The quantitative estimate of drug-likeness (QED) is 0.740. The number of amides is 2. The molecule has 2 aliphatic rings. The zero-order valence-electron chi connectivity index (χ0n) is 15.7. The van der Waals surface area contributed by atoms with Crippen molar-refractivity contribution >= 4 is 12.0 Å². The number of hydrogen-bond acceptors (Lipinski definition) is 4. The first-order chi connectivity index (χ1) is 11.2. The van der Waals surface area contributed by atoms with Crippen LogP contribution >= 0.6 is 0 Å². The van der Waals surface area contributed by atoms with E-state index in [0.717, 1.165) is 0 Å². The van der Waals surface area contributed by atoms with Crippen molar-refractivity contribution in [3.05, 3.63) is 0 Å². The Labute approximate surface area is 145 Å². The maximum Gasteiger partial charge on any atom is 0.410 e. The fourth-order valence-electron chi connectivity index (χ4n) is 3.87. The van der Waals surface area contributed by atoms with E-state index in [0.29, 0.717) is 24.8 Å². The molecule has 138 valence electrons. The molecule has 6 nitrogen and oxygen atoms in total. The molecule has 2 fully saturated rings. The number of hydroxylamine groups is 2. The van der Waals surface area contributed by atoms with E-state index < -0.39 is 17.7 Å². The second-order valence-corrected chi connectivity index (χ2v) is 8.06. The molecule has 2 atom stereocenters. The Bertz CT molecular complexity index is 454. The molecule has 1 saturated heterocycles. The van der Waals surface area contributed by atoms with E-state index in [1.54, 1.807) is 11.9 Å². The molecule has 0 N–H and O–H groups in total. The lowest BCUT2D eigenvalue weighted by Gasteiger charge is -2.29. The van der Waals surface area contributed by atoms with Gasteiger partial charge in [0.1, 0.15) is 11.6 Å². The smallest absolute Gasteiger partial charge is 0.410 e. The zero-order valence-corrected chi connectivity index (χ0v) is 15.7. The summed E-state index contributed by atoms with van der Waals surface area (Å²) in [5.74, 6) is 0.799. The lowest BCUT2D eigenvalue weighted by atomic mass is 9.79. The van der Waals surface area contributed by atoms with E-state index in [1.165, 1.54) is 44.3 Å². The van der Waals surface area contributed by atoms with Gasteiger partial charge in [0, 0.05) is 13.6 Å². The predicted octanol–water partition coefficient (Wildman–Crippen LogP) is 3.21. The predicted molar refractivity (Wildman–Crippen MR) is 91.2 cm³/mol. The van der Waals surface area contributed by atoms with Crippen LogP contribution in [0.25, 0.3) is 0 Å². The van der Waals surface area contributed by atoms with Gasteiger partial charge in [-0.1, -0.05) is 32.1 Å². The number of ether oxygens (including phenoxy) is 1. The summed E-state index contributed by atoms with van der Waals surface area (Å²) < 4.78 is 5.53. The molecule has 0 radical (unpaired) electrons. The monoisotopic (exact) mass is 340 g/mol. The molecule has 24 heavy (non-hydrogen) atoms.